The Bertz CT molecular complexity index is 1120. The van der Waals surface area contributed by atoms with Crippen LogP contribution in [0.5, 0.6) is 0 Å². The fourth-order valence-corrected chi connectivity index (χ4v) is 3.54. The van der Waals surface area contributed by atoms with Gasteiger partial charge < -0.3 is 9.88 Å². The topological polar surface area (TPSA) is 87.7 Å². The molecular formula is C20H16N6O. The number of para-hydroxylation sites is 2. The van der Waals surface area contributed by atoms with Crippen LogP contribution in [0.2, 0.25) is 0 Å². The van der Waals surface area contributed by atoms with Crippen molar-refractivity contribution in [1.29, 1.82) is 0 Å². The number of aromatic nitrogens is 5. The van der Waals surface area contributed by atoms with Crippen molar-refractivity contribution in [3.05, 3.63) is 84.0 Å². The van der Waals surface area contributed by atoms with Crippen molar-refractivity contribution in [2.75, 3.05) is 6.54 Å². The van der Waals surface area contributed by atoms with Gasteiger partial charge in [-0.1, -0.05) is 18.2 Å². The number of amides is 1. The number of fused-ring (bicyclic) bond motifs is 2. The highest BCUT2D eigenvalue weighted by atomic mass is 16.2. The Hall–Kier alpha value is -3.61. The molecule has 3 aromatic heterocycles. The number of H-pyrrole nitrogens is 1. The first-order valence-electron chi connectivity index (χ1n) is 8.77. The van der Waals surface area contributed by atoms with Crippen LogP contribution in [-0.4, -0.2) is 42.3 Å². The van der Waals surface area contributed by atoms with E-state index in [4.69, 9.17) is 0 Å². The second-order valence-electron chi connectivity index (χ2n) is 6.42. The normalized spacial score (nSPS) is 16.3. The van der Waals surface area contributed by atoms with E-state index in [0.717, 1.165) is 22.6 Å². The summed E-state index contributed by atoms with van der Waals surface area (Å²) in [6.45, 7) is 0.559. The molecule has 1 N–H and O–H groups in total. The number of carbonyl (C=O) groups is 1. The molecule has 0 radical (unpaired) electrons. The molecular weight excluding hydrogens is 340 g/mol. The molecule has 1 amide bonds. The van der Waals surface area contributed by atoms with Gasteiger partial charge in [0.2, 0.25) is 0 Å². The Morgan fingerprint density at radius 3 is 2.74 bits per heavy atom. The first kappa shape index (κ1) is 15.6. The van der Waals surface area contributed by atoms with Gasteiger partial charge in [0.1, 0.15) is 11.7 Å². The Morgan fingerprint density at radius 2 is 1.89 bits per heavy atom. The second-order valence-corrected chi connectivity index (χ2v) is 6.42. The number of benzene rings is 1. The number of aromatic amines is 1. The van der Waals surface area contributed by atoms with E-state index in [1.165, 1.54) is 0 Å². The van der Waals surface area contributed by atoms with Gasteiger partial charge in [0.15, 0.2) is 0 Å². The number of hydrogen-bond acceptors (Lipinski definition) is 5. The number of pyridine rings is 1. The minimum absolute atomic E-state index is 0.169. The molecule has 7 nitrogen and oxygen atoms in total. The van der Waals surface area contributed by atoms with Gasteiger partial charge in [0.05, 0.1) is 34.9 Å². The van der Waals surface area contributed by atoms with E-state index in [1.54, 1.807) is 23.6 Å². The molecule has 5 rings (SSSR count). The number of hydrogen-bond donors (Lipinski definition) is 1. The van der Waals surface area contributed by atoms with Crippen molar-refractivity contribution >= 4 is 16.9 Å². The first-order chi connectivity index (χ1) is 13.3. The summed E-state index contributed by atoms with van der Waals surface area (Å²) in [6, 6.07) is 12.9. The third-order valence-electron chi connectivity index (χ3n) is 4.82. The van der Waals surface area contributed by atoms with Crippen molar-refractivity contribution in [2.24, 2.45) is 0 Å². The Labute approximate surface area is 155 Å². The van der Waals surface area contributed by atoms with E-state index in [1.807, 2.05) is 42.5 Å². The quantitative estimate of drug-likeness (QED) is 0.596. The van der Waals surface area contributed by atoms with Crippen LogP contribution >= 0.6 is 0 Å². The molecule has 1 aromatic carbocycles. The molecule has 0 saturated carbocycles. The summed E-state index contributed by atoms with van der Waals surface area (Å²) in [5, 5.41) is 0. The number of carbonyl (C=O) groups excluding carboxylic acids is 1. The molecule has 1 atom stereocenters. The lowest BCUT2D eigenvalue weighted by atomic mass is 9.99. The van der Waals surface area contributed by atoms with Crippen molar-refractivity contribution in [1.82, 2.24) is 29.8 Å². The van der Waals surface area contributed by atoms with E-state index >= 15 is 0 Å². The van der Waals surface area contributed by atoms with Crippen LogP contribution in [-0.2, 0) is 6.42 Å². The summed E-state index contributed by atoms with van der Waals surface area (Å²) in [5.74, 6) is -0.169. The summed E-state index contributed by atoms with van der Waals surface area (Å²) >= 11 is 0. The van der Waals surface area contributed by atoms with Gasteiger partial charge in [-0.15, -0.1) is 0 Å². The molecule has 0 fully saturated rings. The zero-order valence-electron chi connectivity index (χ0n) is 14.4. The highest BCUT2D eigenvalue weighted by Crippen LogP contribution is 2.33. The monoisotopic (exact) mass is 356 g/mol. The lowest BCUT2D eigenvalue weighted by Crippen LogP contribution is -2.41. The average Bonchev–Trinajstić information content (AvgIpc) is 3.21. The molecule has 1 aliphatic rings. The summed E-state index contributed by atoms with van der Waals surface area (Å²) < 4.78 is 0. The fourth-order valence-electron chi connectivity index (χ4n) is 3.54. The second kappa shape index (κ2) is 6.28. The minimum atomic E-state index is -0.345. The Balaban J connectivity index is 1.58. The molecule has 27 heavy (non-hydrogen) atoms. The maximum absolute atomic E-state index is 13.3. The van der Waals surface area contributed by atoms with Crippen LogP contribution in [0.1, 0.15) is 33.6 Å². The summed E-state index contributed by atoms with van der Waals surface area (Å²) in [7, 11) is 0. The zero-order valence-corrected chi connectivity index (χ0v) is 14.4. The number of imidazole rings is 1. The number of nitrogens with zero attached hydrogens (tertiary/aromatic N) is 5. The molecule has 0 aliphatic carbocycles. The lowest BCUT2D eigenvalue weighted by molar-refractivity contribution is 0.0681. The third-order valence-corrected chi connectivity index (χ3v) is 4.82. The van der Waals surface area contributed by atoms with E-state index in [9.17, 15) is 4.79 Å². The number of rotatable bonds is 2. The van der Waals surface area contributed by atoms with Crippen LogP contribution < -0.4 is 0 Å². The third kappa shape index (κ3) is 2.64. The standard InChI is InChI=1S/C20H16N6O/c27-20(17-11-22-13-5-1-2-6-14(13)25-17)26-10-8-15-18(24-12-23-15)19(26)16-7-3-4-9-21-16/h1-7,9,11-12,19H,8,10H2,(H,23,24). The smallest absolute Gasteiger partial charge is 0.274 e. The first-order valence-corrected chi connectivity index (χ1v) is 8.77. The van der Waals surface area contributed by atoms with Gasteiger partial charge in [-0.05, 0) is 24.3 Å². The predicted octanol–water partition coefficient (Wildman–Crippen LogP) is 2.54. The van der Waals surface area contributed by atoms with Crippen LogP contribution in [0, 0.1) is 0 Å². The van der Waals surface area contributed by atoms with Gasteiger partial charge >= 0.3 is 0 Å². The predicted molar refractivity (Wildman–Crippen MR) is 98.9 cm³/mol. The highest BCUT2D eigenvalue weighted by Gasteiger charge is 2.35. The van der Waals surface area contributed by atoms with E-state index in [0.29, 0.717) is 24.2 Å². The molecule has 1 aliphatic heterocycles. The lowest BCUT2D eigenvalue weighted by Gasteiger charge is -2.34. The molecule has 4 heterocycles. The van der Waals surface area contributed by atoms with Gasteiger partial charge in [-0.2, -0.15) is 0 Å². The summed E-state index contributed by atoms with van der Waals surface area (Å²) in [6.07, 6.45) is 5.66. The van der Waals surface area contributed by atoms with E-state index in [2.05, 4.69) is 24.9 Å². The van der Waals surface area contributed by atoms with Crippen molar-refractivity contribution in [3.8, 4) is 0 Å². The number of nitrogens with one attached hydrogen (secondary N) is 1. The van der Waals surface area contributed by atoms with Crippen LogP contribution in [0.4, 0.5) is 0 Å². The summed E-state index contributed by atoms with van der Waals surface area (Å²) in [5.41, 5.74) is 4.46. The molecule has 1 unspecified atom stereocenters. The minimum Gasteiger partial charge on any atom is -0.348 e. The maximum atomic E-state index is 13.3. The molecule has 0 saturated heterocycles. The Kier molecular flexibility index (Phi) is 3.64. The molecule has 7 heteroatoms. The van der Waals surface area contributed by atoms with E-state index in [-0.39, 0.29) is 11.9 Å². The van der Waals surface area contributed by atoms with Crippen molar-refractivity contribution < 1.29 is 4.79 Å². The van der Waals surface area contributed by atoms with Gasteiger partial charge in [-0.3, -0.25) is 14.8 Å². The van der Waals surface area contributed by atoms with Gasteiger partial charge in [-0.25, -0.2) is 9.97 Å². The summed E-state index contributed by atoms with van der Waals surface area (Å²) in [4.78, 5) is 36.1. The SMILES string of the molecule is O=C(c1cnc2ccccc2n1)N1CCc2[nH]cnc2C1c1ccccn1. The molecule has 0 spiro atoms. The van der Waals surface area contributed by atoms with Crippen LogP contribution in [0.25, 0.3) is 11.0 Å². The van der Waals surface area contributed by atoms with Crippen molar-refractivity contribution in [2.45, 2.75) is 12.5 Å². The fraction of sp³-hybridized carbons (Fsp3) is 0.150. The highest BCUT2D eigenvalue weighted by molar-refractivity contribution is 5.94. The van der Waals surface area contributed by atoms with Gasteiger partial charge in [0, 0.05) is 24.9 Å². The molecule has 4 aromatic rings. The average molecular weight is 356 g/mol. The maximum Gasteiger partial charge on any atom is 0.274 e. The zero-order chi connectivity index (χ0) is 18.2. The Morgan fingerprint density at radius 1 is 1.04 bits per heavy atom. The van der Waals surface area contributed by atoms with Gasteiger partial charge in [0.25, 0.3) is 5.91 Å². The molecule has 132 valence electrons. The van der Waals surface area contributed by atoms with Crippen LogP contribution in [0.3, 0.4) is 0 Å². The largest absolute Gasteiger partial charge is 0.348 e. The van der Waals surface area contributed by atoms with E-state index < -0.39 is 0 Å². The molecule has 0 bridgehead atoms. The van der Waals surface area contributed by atoms with Crippen LogP contribution in [0.15, 0.2) is 61.2 Å². The van der Waals surface area contributed by atoms with Crippen molar-refractivity contribution in [3.63, 3.8) is 0 Å².